The fourth-order valence-electron chi connectivity index (χ4n) is 1.03. The van der Waals surface area contributed by atoms with Gasteiger partial charge >= 0.3 is 0 Å². The Kier molecular flexibility index (Phi) is 2.85. The van der Waals surface area contributed by atoms with Crippen LogP contribution in [0.3, 0.4) is 0 Å². The van der Waals surface area contributed by atoms with Crippen LogP contribution in [-0.2, 0) is 4.79 Å². The van der Waals surface area contributed by atoms with Gasteiger partial charge < -0.3 is 5.11 Å². The molecule has 1 fully saturated rings. The third-order valence-corrected chi connectivity index (χ3v) is 2.62. The molecule has 1 N–H and O–H groups in total. The standard InChI is InChI=1S/C6H7Br3O2/c7-6(8,9)3-5(11)2-1-4(5)10/h11H,1-3H2. The van der Waals surface area contributed by atoms with Gasteiger partial charge in [0.2, 0.25) is 0 Å². The molecule has 1 unspecified atom stereocenters. The summed E-state index contributed by atoms with van der Waals surface area (Å²) in [6.07, 6.45) is 1.41. The molecule has 0 aromatic rings. The van der Waals surface area contributed by atoms with E-state index < -0.39 is 7.74 Å². The van der Waals surface area contributed by atoms with E-state index in [2.05, 4.69) is 47.8 Å². The summed E-state index contributed by atoms with van der Waals surface area (Å²) < 4.78 is -0.516. The summed E-state index contributed by atoms with van der Waals surface area (Å²) >= 11 is 9.71. The van der Waals surface area contributed by atoms with Gasteiger partial charge in [-0.05, 0) is 6.42 Å². The maximum Gasteiger partial charge on any atom is 0.164 e. The van der Waals surface area contributed by atoms with E-state index in [1.807, 2.05) is 0 Å². The van der Waals surface area contributed by atoms with Crippen molar-refractivity contribution < 1.29 is 9.90 Å². The van der Waals surface area contributed by atoms with Crippen molar-refractivity contribution >= 4 is 53.6 Å². The summed E-state index contributed by atoms with van der Waals surface area (Å²) in [5, 5.41) is 9.57. The average molecular weight is 351 g/mol. The Morgan fingerprint density at radius 3 is 2.18 bits per heavy atom. The van der Waals surface area contributed by atoms with Crippen molar-refractivity contribution in [2.24, 2.45) is 0 Å². The predicted octanol–water partition coefficient (Wildman–Crippen LogP) is 2.31. The largest absolute Gasteiger partial charge is 0.382 e. The molecule has 0 radical (unpaired) electrons. The Labute approximate surface area is 90.1 Å². The highest BCUT2D eigenvalue weighted by molar-refractivity contribution is 9.39. The normalized spacial score (nSPS) is 31.8. The van der Waals surface area contributed by atoms with Crippen molar-refractivity contribution in [1.29, 1.82) is 0 Å². The molecular formula is C6H7Br3O2. The Balaban J connectivity index is 2.55. The van der Waals surface area contributed by atoms with Gasteiger partial charge in [0, 0.05) is 12.8 Å². The minimum Gasteiger partial charge on any atom is -0.382 e. The van der Waals surface area contributed by atoms with Gasteiger partial charge in [-0.1, -0.05) is 47.8 Å². The second-order valence-electron chi connectivity index (χ2n) is 2.75. The lowest BCUT2D eigenvalue weighted by atomic mass is 9.77. The minimum absolute atomic E-state index is 0.0692. The highest BCUT2D eigenvalue weighted by Gasteiger charge is 2.47. The van der Waals surface area contributed by atoms with Crippen LogP contribution in [0.15, 0.2) is 0 Å². The van der Waals surface area contributed by atoms with E-state index in [1.54, 1.807) is 0 Å². The van der Waals surface area contributed by atoms with Gasteiger partial charge in [0.25, 0.3) is 0 Å². The summed E-state index contributed by atoms with van der Waals surface area (Å²) in [4.78, 5) is 10.9. The molecular weight excluding hydrogens is 344 g/mol. The lowest BCUT2D eigenvalue weighted by molar-refractivity contribution is -0.150. The first-order chi connectivity index (χ1) is 4.83. The van der Waals surface area contributed by atoms with Crippen LogP contribution in [0.1, 0.15) is 19.3 Å². The lowest BCUT2D eigenvalue weighted by Crippen LogP contribution is -2.49. The first-order valence-electron chi connectivity index (χ1n) is 3.16. The molecule has 1 aliphatic rings. The van der Waals surface area contributed by atoms with E-state index in [9.17, 15) is 9.90 Å². The number of carbonyl (C=O) groups excluding carboxylic acids is 1. The van der Waals surface area contributed by atoms with Gasteiger partial charge in [-0.15, -0.1) is 0 Å². The van der Waals surface area contributed by atoms with Gasteiger partial charge in [-0.25, -0.2) is 0 Å². The van der Waals surface area contributed by atoms with Crippen molar-refractivity contribution in [1.82, 2.24) is 0 Å². The van der Waals surface area contributed by atoms with Gasteiger partial charge in [-0.2, -0.15) is 0 Å². The third-order valence-electron chi connectivity index (χ3n) is 1.78. The van der Waals surface area contributed by atoms with E-state index in [0.717, 1.165) is 0 Å². The first kappa shape index (κ1) is 10.2. The van der Waals surface area contributed by atoms with Crippen LogP contribution in [0.5, 0.6) is 0 Å². The highest BCUT2D eigenvalue weighted by Crippen LogP contribution is 2.45. The quantitative estimate of drug-likeness (QED) is 0.737. The molecule has 11 heavy (non-hydrogen) atoms. The Morgan fingerprint density at radius 2 is 2.09 bits per heavy atom. The number of halogens is 3. The van der Waals surface area contributed by atoms with E-state index in [-0.39, 0.29) is 5.78 Å². The van der Waals surface area contributed by atoms with Crippen LogP contribution >= 0.6 is 47.8 Å². The van der Waals surface area contributed by atoms with Crippen molar-refractivity contribution in [3.63, 3.8) is 0 Å². The molecule has 2 nitrogen and oxygen atoms in total. The van der Waals surface area contributed by atoms with Crippen molar-refractivity contribution in [3.05, 3.63) is 0 Å². The minimum atomic E-state index is -1.11. The Morgan fingerprint density at radius 1 is 1.55 bits per heavy atom. The molecule has 0 aliphatic heterocycles. The fourth-order valence-corrected chi connectivity index (χ4v) is 2.43. The number of alkyl halides is 3. The lowest BCUT2D eigenvalue weighted by Gasteiger charge is -2.37. The maximum atomic E-state index is 10.9. The topological polar surface area (TPSA) is 37.3 Å². The van der Waals surface area contributed by atoms with Crippen LogP contribution in [0.4, 0.5) is 0 Å². The number of carbonyl (C=O) groups is 1. The van der Waals surface area contributed by atoms with Crippen LogP contribution in [0, 0.1) is 0 Å². The van der Waals surface area contributed by atoms with Crippen molar-refractivity contribution in [2.45, 2.75) is 27.0 Å². The molecule has 0 amide bonds. The van der Waals surface area contributed by atoms with Gasteiger partial charge in [0.15, 0.2) is 5.78 Å². The fraction of sp³-hybridized carbons (Fsp3) is 0.833. The molecule has 0 bridgehead atoms. The zero-order chi connectivity index (χ0) is 8.70. The molecule has 1 atom stereocenters. The van der Waals surface area contributed by atoms with Gasteiger partial charge in [0.05, 0.1) is 0 Å². The molecule has 0 heterocycles. The Bertz CT molecular complexity index is 187. The molecule has 1 rings (SSSR count). The second-order valence-corrected chi connectivity index (χ2v) is 10.0. The summed E-state index contributed by atoms with van der Waals surface area (Å²) in [6, 6.07) is 0. The molecule has 0 aromatic carbocycles. The zero-order valence-electron chi connectivity index (χ0n) is 5.61. The molecule has 1 saturated carbocycles. The molecule has 1 aliphatic carbocycles. The highest BCUT2D eigenvalue weighted by atomic mass is 80.0. The van der Waals surface area contributed by atoms with Crippen LogP contribution < -0.4 is 0 Å². The Hall–Kier alpha value is 1.07. The van der Waals surface area contributed by atoms with Crippen LogP contribution in [0.25, 0.3) is 0 Å². The molecule has 0 saturated heterocycles. The van der Waals surface area contributed by atoms with Gasteiger partial charge in [0.1, 0.15) is 7.74 Å². The van der Waals surface area contributed by atoms with Crippen molar-refractivity contribution in [2.75, 3.05) is 0 Å². The molecule has 0 aromatic heterocycles. The van der Waals surface area contributed by atoms with Crippen LogP contribution in [0.2, 0.25) is 0 Å². The molecule has 5 heteroatoms. The number of hydrogen-bond acceptors (Lipinski definition) is 2. The number of ketones is 1. The van der Waals surface area contributed by atoms with E-state index in [0.29, 0.717) is 19.3 Å². The number of Topliss-reactive ketones (excluding diaryl/α,β-unsaturated/α-hetero) is 1. The third kappa shape index (κ3) is 2.50. The number of aliphatic hydroxyl groups is 1. The summed E-state index contributed by atoms with van der Waals surface area (Å²) in [7, 11) is 0. The molecule has 0 spiro atoms. The van der Waals surface area contributed by atoms with Gasteiger partial charge in [-0.3, -0.25) is 4.79 Å². The predicted molar refractivity (Wildman–Crippen MR) is 53.3 cm³/mol. The average Bonchev–Trinajstić information content (AvgIpc) is 1.81. The van der Waals surface area contributed by atoms with E-state index in [1.165, 1.54) is 0 Å². The van der Waals surface area contributed by atoms with E-state index in [4.69, 9.17) is 0 Å². The first-order valence-corrected chi connectivity index (χ1v) is 5.54. The van der Waals surface area contributed by atoms with Crippen molar-refractivity contribution in [3.8, 4) is 0 Å². The zero-order valence-corrected chi connectivity index (χ0v) is 10.4. The number of hydrogen-bond donors (Lipinski definition) is 1. The number of rotatable bonds is 1. The summed E-state index contributed by atoms with van der Waals surface area (Å²) in [5.74, 6) is -0.0692. The summed E-state index contributed by atoms with van der Waals surface area (Å²) in [5.41, 5.74) is -1.11. The monoisotopic (exact) mass is 348 g/mol. The summed E-state index contributed by atoms with van der Waals surface area (Å²) in [6.45, 7) is 0. The second kappa shape index (κ2) is 3.09. The maximum absolute atomic E-state index is 10.9. The SMILES string of the molecule is O=C1CCC1(O)CC(Br)(Br)Br. The smallest absolute Gasteiger partial charge is 0.164 e. The molecule has 64 valence electrons. The van der Waals surface area contributed by atoms with E-state index >= 15 is 0 Å². The van der Waals surface area contributed by atoms with Crippen LogP contribution in [-0.4, -0.2) is 18.6 Å².